The van der Waals surface area contributed by atoms with Crippen molar-refractivity contribution >= 4 is 11.8 Å². The quantitative estimate of drug-likeness (QED) is 0.640. The van der Waals surface area contributed by atoms with E-state index in [1.54, 1.807) is 0 Å². The number of ether oxygens (including phenoxy) is 2. The first-order chi connectivity index (χ1) is 14.2. The maximum absolute atomic E-state index is 11.9. The minimum atomic E-state index is -0.457. The third-order valence-electron chi connectivity index (χ3n) is 4.86. The topological polar surface area (TPSA) is 76.7 Å². The molecule has 2 amide bonds. The Balaban J connectivity index is 1.68. The van der Waals surface area contributed by atoms with Crippen molar-refractivity contribution in [1.82, 2.24) is 10.9 Å². The molecular formula is C24H32N2O4. The van der Waals surface area contributed by atoms with E-state index >= 15 is 0 Å². The number of carbonyl (C=O) groups excluding carboxylic acids is 2. The summed E-state index contributed by atoms with van der Waals surface area (Å²) in [4.78, 5) is 23.7. The summed E-state index contributed by atoms with van der Waals surface area (Å²) in [5, 5.41) is 0. The highest BCUT2D eigenvalue weighted by atomic mass is 16.5. The van der Waals surface area contributed by atoms with Crippen molar-refractivity contribution in [3.8, 4) is 11.5 Å². The van der Waals surface area contributed by atoms with Gasteiger partial charge in [0.1, 0.15) is 11.5 Å². The van der Waals surface area contributed by atoms with Crippen LogP contribution < -0.4 is 20.3 Å². The summed E-state index contributed by atoms with van der Waals surface area (Å²) in [6.07, 6.45) is 1.06. The van der Waals surface area contributed by atoms with Crippen LogP contribution >= 0.6 is 0 Å². The fourth-order valence-corrected chi connectivity index (χ4v) is 2.69. The van der Waals surface area contributed by atoms with Crippen molar-refractivity contribution in [2.75, 3.05) is 13.2 Å². The van der Waals surface area contributed by atoms with Gasteiger partial charge in [0.15, 0.2) is 13.2 Å². The average molecular weight is 413 g/mol. The maximum Gasteiger partial charge on any atom is 0.276 e. The molecule has 6 nitrogen and oxygen atoms in total. The van der Waals surface area contributed by atoms with Crippen LogP contribution in [0.15, 0.2) is 48.5 Å². The molecule has 0 bridgehead atoms. The Morgan fingerprint density at radius 1 is 0.833 bits per heavy atom. The molecule has 162 valence electrons. The summed E-state index contributed by atoms with van der Waals surface area (Å²) >= 11 is 0. The van der Waals surface area contributed by atoms with E-state index in [1.807, 2.05) is 48.5 Å². The molecule has 0 spiro atoms. The van der Waals surface area contributed by atoms with Crippen molar-refractivity contribution in [3.05, 3.63) is 59.7 Å². The second-order valence-electron chi connectivity index (χ2n) is 8.33. The van der Waals surface area contributed by atoms with Gasteiger partial charge in [-0.3, -0.25) is 20.4 Å². The average Bonchev–Trinajstić information content (AvgIpc) is 2.74. The van der Waals surface area contributed by atoms with Crippen molar-refractivity contribution in [3.63, 3.8) is 0 Å². The Labute approximate surface area is 178 Å². The van der Waals surface area contributed by atoms with Gasteiger partial charge in [-0.1, -0.05) is 58.9 Å². The minimum absolute atomic E-state index is 0.0538. The molecule has 1 unspecified atom stereocenters. The fraction of sp³-hybridized carbons (Fsp3) is 0.417. The Hall–Kier alpha value is -3.02. The van der Waals surface area contributed by atoms with Crippen LogP contribution in [-0.4, -0.2) is 25.0 Å². The Morgan fingerprint density at radius 3 is 1.67 bits per heavy atom. The van der Waals surface area contributed by atoms with Crippen LogP contribution in [0.25, 0.3) is 0 Å². The number of hydrogen-bond donors (Lipinski definition) is 2. The molecule has 0 fully saturated rings. The third kappa shape index (κ3) is 7.43. The van der Waals surface area contributed by atoms with Crippen LogP contribution in [0.5, 0.6) is 11.5 Å². The summed E-state index contributed by atoms with van der Waals surface area (Å²) in [7, 11) is 0. The first-order valence-electron chi connectivity index (χ1n) is 10.2. The molecule has 1 atom stereocenters. The number of carbonyl (C=O) groups is 2. The van der Waals surface area contributed by atoms with Crippen LogP contribution in [0.3, 0.4) is 0 Å². The van der Waals surface area contributed by atoms with Crippen molar-refractivity contribution < 1.29 is 19.1 Å². The van der Waals surface area contributed by atoms with Gasteiger partial charge < -0.3 is 9.47 Å². The van der Waals surface area contributed by atoms with Crippen molar-refractivity contribution in [1.29, 1.82) is 0 Å². The van der Waals surface area contributed by atoms with Gasteiger partial charge in [0.05, 0.1) is 0 Å². The molecule has 0 heterocycles. The molecule has 0 aliphatic rings. The van der Waals surface area contributed by atoms with Gasteiger partial charge in [-0.2, -0.15) is 0 Å². The molecule has 30 heavy (non-hydrogen) atoms. The lowest BCUT2D eigenvalue weighted by atomic mass is 9.87. The summed E-state index contributed by atoms with van der Waals surface area (Å²) in [6.45, 7) is 10.3. The Kier molecular flexibility index (Phi) is 8.27. The summed E-state index contributed by atoms with van der Waals surface area (Å²) < 4.78 is 10.9. The fourth-order valence-electron chi connectivity index (χ4n) is 2.69. The predicted octanol–water partition coefficient (Wildman–Crippen LogP) is 4.10. The summed E-state index contributed by atoms with van der Waals surface area (Å²) in [5.41, 5.74) is 7.09. The van der Waals surface area contributed by atoms with Gasteiger partial charge >= 0.3 is 0 Å². The predicted molar refractivity (Wildman–Crippen MR) is 118 cm³/mol. The van der Waals surface area contributed by atoms with E-state index < -0.39 is 11.8 Å². The second kappa shape index (κ2) is 10.7. The summed E-state index contributed by atoms with van der Waals surface area (Å²) in [5.74, 6) is 0.764. The van der Waals surface area contributed by atoms with E-state index in [0.717, 1.165) is 6.42 Å². The molecule has 2 N–H and O–H groups in total. The standard InChI is InChI=1S/C24H32N2O4/c1-6-17(2)18-7-11-20(12-8-18)29-15-22(27)25-26-23(28)16-30-21-13-9-19(10-14-21)24(3,4)5/h7-14,17H,6,15-16H2,1-5H3,(H,25,27)(H,26,28). The van der Waals surface area contributed by atoms with Gasteiger partial charge in [0.2, 0.25) is 0 Å². The number of hydrazine groups is 1. The van der Waals surface area contributed by atoms with Crippen LogP contribution in [0.1, 0.15) is 58.1 Å². The SMILES string of the molecule is CCC(C)c1ccc(OCC(=O)NNC(=O)COc2ccc(C(C)(C)C)cc2)cc1. The van der Waals surface area contributed by atoms with Gasteiger partial charge in [-0.15, -0.1) is 0 Å². The molecule has 0 aromatic heterocycles. The van der Waals surface area contributed by atoms with E-state index in [0.29, 0.717) is 17.4 Å². The molecule has 6 heteroatoms. The van der Waals surface area contributed by atoms with Gasteiger partial charge in [-0.25, -0.2) is 0 Å². The number of benzene rings is 2. The molecule has 2 rings (SSSR count). The zero-order valence-corrected chi connectivity index (χ0v) is 18.5. The normalized spacial score (nSPS) is 12.0. The first-order valence-corrected chi connectivity index (χ1v) is 10.2. The highest BCUT2D eigenvalue weighted by Crippen LogP contribution is 2.24. The number of rotatable bonds is 8. The lowest BCUT2D eigenvalue weighted by Crippen LogP contribution is -2.45. The minimum Gasteiger partial charge on any atom is -0.484 e. The van der Waals surface area contributed by atoms with E-state index in [9.17, 15) is 9.59 Å². The molecule has 2 aromatic rings. The van der Waals surface area contributed by atoms with Crippen LogP contribution in [0.4, 0.5) is 0 Å². The van der Waals surface area contributed by atoms with E-state index in [1.165, 1.54) is 11.1 Å². The third-order valence-corrected chi connectivity index (χ3v) is 4.86. The molecule has 0 radical (unpaired) electrons. The molecule has 2 aromatic carbocycles. The Morgan fingerprint density at radius 2 is 1.27 bits per heavy atom. The zero-order valence-electron chi connectivity index (χ0n) is 18.5. The van der Waals surface area contributed by atoms with E-state index in [2.05, 4.69) is 45.5 Å². The van der Waals surface area contributed by atoms with Crippen molar-refractivity contribution in [2.45, 2.75) is 52.4 Å². The smallest absolute Gasteiger partial charge is 0.276 e. The number of hydrogen-bond acceptors (Lipinski definition) is 4. The molecular weight excluding hydrogens is 380 g/mol. The lowest BCUT2D eigenvalue weighted by Gasteiger charge is -2.19. The second-order valence-corrected chi connectivity index (χ2v) is 8.33. The van der Waals surface area contributed by atoms with E-state index in [-0.39, 0.29) is 18.6 Å². The van der Waals surface area contributed by atoms with Crippen LogP contribution in [0.2, 0.25) is 0 Å². The Bertz CT molecular complexity index is 824. The van der Waals surface area contributed by atoms with Crippen LogP contribution in [-0.2, 0) is 15.0 Å². The van der Waals surface area contributed by atoms with Gasteiger partial charge in [0.25, 0.3) is 11.8 Å². The first kappa shape index (κ1) is 23.3. The molecule has 0 aliphatic carbocycles. The molecule has 0 aliphatic heterocycles. The number of nitrogens with one attached hydrogen (secondary N) is 2. The molecule has 0 saturated heterocycles. The van der Waals surface area contributed by atoms with E-state index in [4.69, 9.17) is 9.47 Å². The molecule has 0 saturated carbocycles. The number of amides is 2. The lowest BCUT2D eigenvalue weighted by molar-refractivity contribution is -0.131. The van der Waals surface area contributed by atoms with Crippen molar-refractivity contribution in [2.24, 2.45) is 0 Å². The van der Waals surface area contributed by atoms with Gasteiger partial charge in [-0.05, 0) is 53.1 Å². The largest absolute Gasteiger partial charge is 0.484 e. The monoisotopic (exact) mass is 412 g/mol. The van der Waals surface area contributed by atoms with Crippen LogP contribution in [0, 0.1) is 0 Å². The maximum atomic E-state index is 11.9. The zero-order chi connectivity index (χ0) is 22.1. The summed E-state index contributed by atoms with van der Waals surface area (Å²) in [6, 6.07) is 15.3. The van der Waals surface area contributed by atoms with Gasteiger partial charge in [0, 0.05) is 0 Å². The highest BCUT2D eigenvalue weighted by molar-refractivity contribution is 5.83. The highest BCUT2D eigenvalue weighted by Gasteiger charge is 2.13.